The first-order chi connectivity index (χ1) is 6.15. The van der Waals surface area contributed by atoms with Crippen LogP contribution in [0.2, 0.25) is 5.02 Å². The van der Waals surface area contributed by atoms with E-state index in [1.54, 1.807) is 13.2 Å². The molecule has 0 spiro atoms. The van der Waals surface area contributed by atoms with Gasteiger partial charge in [-0.15, -0.1) is 0 Å². The summed E-state index contributed by atoms with van der Waals surface area (Å²) >= 11 is 5.88. The topological polar surface area (TPSA) is 9.23 Å². The molecule has 1 aromatic rings. The summed E-state index contributed by atoms with van der Waals surface area (Å²) in [7, 11) is 1.59. The van der Waals surface area contributed by atoms with Crippen LogP contribution in [0.15, 0.2) is 18.2 Å². The van der Waals surface area contributed by atoms with Crippen molar-refractivity contribution in [2.45, 2.75) is 6.92 Å². The highest BCUT2D eigenvalue weighted by molar-refractivity contribution is 6.31. The maximum atomic E-state index is 12.8. The number of benzene rings is 1. The molecule has 0 bridgehead atoms. The monoisotopic (exact) mass is 201 g/mol. The van der Waals surface area contributed by atoms with Crippen LogP contribution in [0, 0.1) is 11.7 Å². The van der Waals surface area contributed by atoms with E-state index in [0.29, 0.717) is 17.2 Å². The minimum absolute atomic E-state index is 0.283. The van der Waals surface area contributed by atoms with Gasteiger partial charge in [0.15, 0.2) is 0 Å². The molecular weight excluding hydrogens is 191 g/mol. The van der Waals surface area contributed by atoms with E-state index >= 15 is 0 Å². The minimum Gasteiger partial charge on any atom is -0.384 e. The zero-order chi connectivity index (χ0) is 9.84. The van der Waals surface area contributed by atoms with Crippen molar-refractivity contribution in [2.75, 3.05) is 13.7 Å². The number of hydrogen-bond acceptors (Lipinski definition) is 1. The molecule has 0 N–H and O–H groups in total. The number of hydrogen-bond donors (Lipinski definition) is 0. The lowest BCUT2D eigenvalue weighted by atomic mass is 10.0. The summed E-state index contributed by atoms with van der Waals surface area (Å²) in [6, 6.07) is 4.30. The average Bonchev–Trinajstić information content (AvgIpc) is 2.09. The third kappa shape index (κ3) is 2.68. The molecule has 1 nitrogen and oxygen atoms in total. The van der Waals surface area contributed by atoms with Gasteiger partial charge in [-0.05, 0) is 23.8 Å². The number of ether oxygens (including phenoxy) is 1. The molecule has 0 unspecified atom stereocenters. The zero-order valence-corrected chi connectivity index (χ0v) is 8.36. The molecule has 0 aliphatic carbocycles. The molecule has 1 radical (unpaired) electrons. The maximum absolute atomic E-state index is 12.8. The molecule has 0 atom stereocenters. The van der Waals surface area contributed by atoms with Crippen molar-refractivity contribution in [3.8, 4) is 0 Å². The SMILES string of the molecule is COC[C](C)c1cc(F)ccc1Cl. The molecule has 0 saturated carbocycles. The van der Waals surface area contributed by atoms with Crippen molar-refractivity contribution in [1.29, 1.82) is 0 Å². The van der Waals surface area contributed by atoms with Crippen molar-refractivity contribution >= 4 is 11.6 Å². The van der Waals surface area contributed by atoms with Crippen LogP contribution in [0.25, 0.3) is 0 Å². The van der Waals surface area contributed by atoms with Gasteiger partial charge in [0.2, 0.25) is 0 Å². The molecule has 13 heavy (non-hydrogen) atoms. The van der Waals surface area contributed by atoms with Crippen LogP contribution in [-0.2, 0) is 4.74 Å². The summed E-state index contributed by atoms with van der Waals surface area (Å²) in [6.07, 6.45) is 0. The summed E-state index contributed by atoms with van der Waals surface area (Å²) in [5.41, 5.74) is 0.712. The standard InChI is InChI=1S/C10H11ClFO/c1-7(6-13-2)9-5-8(12)3-4-10(9)11/h3-5H,6H2,1-2H3. The molecule has 0 aromatic heterocycles. The van der Waals surface area contributed by atoms with Crippen LogP contribution in [0.3, 0.4) is 0 Å². The second-order valence-corrected chi connectivity index (χ2v) is 3.24. The Labute approximate surface area is 82.5 Å². The van der Waals surface area contributed by atoms with E-state index in [2.05, 4.69) is 0 Å². The molecule has 0 aliphatic heterocycles. The Morgan fingerprint density at radius 3 is 2.85 bits per heavy atom. The summed E-state index contributed by atoms with van der Waals surface area (Å²) in [5.74, 6) is 0.641. The van der Waals surface area contributed by atoms with Crippen molar-refractivity contribution in [1.82, 2.24) is 0 Å². The smallest absolute Gasteiger partial charge is 0.123 e. The lowest BCUT2D eigenvalue weighted by Gasteiger charge is -2.11. The highest BCUT2D eigenvalue weighted by Gasteiger charge is 2.10. The van der Waals surface area contributed by atoms with Crippen molar-refractivity contribution < 1.29 is 9.13 Å². The van der Waals surface area contributed by atoms with Gasteiger partial charge in [-0.1, -0.05) is 18.5 Å². The quantitative estimate of drug-likeness (QED) is 0.731. The fourth-order valence-electron chi connectivity index (χ4n) is 1.12. The number of methoxy groups -OCH3 is 1. The first-order valence-corrected chi connectivity index (χ1v) is 4.29. The van der Waals surface area contributed by atoms with E-state index in [4.69, 9.17) is 16.3 Å². The lowest BCUT2D eigenvalue weighted by molar-refractivity contribution is 0.214. The Bertz CT molecular complexity index is 288. The lowest BCUT2D eigenvalue weighted by Crippen LogP contribution is -2.03. The Kier molecular flexibility index (Phi) is 3.70. The predicted octanol–water partition coefficient (Wildman–Crippen LogP) is 3.07. The highest BCUT2D eigenvalue weighted by atomic mass is 35.5. The first-order valence-electron chi connectivity index (χ1n) is 3.92. The van der Waals surface area contributed by atoms with Gasteiger partial charge >= 0.3 is 0 Å². The van der Waals surface area contributed by atoms with E-state index < -0.39 is 0 Å². The fourth-order valence-corrected chi connectivity index (χ4v) is 1.40. The molecule has 0 saturated heterocycles. The van der Waals surface area contributed by atoms with E-state index in [0.717, 1.165) is 5.92 Å². The Morgan fingerprint density at radius 2 is 2.23 bits per heavy atom. The Balaban J connectivity index is 2.91. The third-order valence-electron chi connectivity index (χ3n) is 1.75. The van der Waals surface area contributed by atoms with Crippen molar-refractivity contribution in [2.24, 2.45) is 0 Å². The molecule has 0 fully saturated rings. The predicted molar refractivity (Wildman–Crippen MR) is 51.3 cm³/mol. The normalized spacial score (nSPS) is 10.8. The van der Waals surface area contributed by atoms with E-state index in [1.807, 2.05) is 6.92 Å². The Hall–Kier alpha value is -0.600. The molecule has 0 amide bonds. The molecular formula is C10H11ClFO. The van der Waals surface area contributed by atoms with Crippen LogP contribution < -0.4 is 0 Å². The molecule has 71 valence electrons. The molecule has 1 rings (SSSR count). The molecule has 1 aromatic carbocycles. The van der Waals surface area contributed by atoms with Gasteiger partial charge in [0, 0.05) is 18.1 Å². The Morgan fingerprint density at radius 1 is 1.54 bits per heavy atom. The highest BCUT2D eigenvalue weighted by Crippen LogP contribution is 2.24. The number of halogens is 2. The van der Waals surface area contributed by atoms with Crippen LogP contribution >= 0.6 is 11.6 Å². The second kappa shape index (κ2) is 4.58. The van der Waals surface area contributed by atoms with Gasteiger partial charge in [-0.2, -0.15) is 0 Å². The van der Waals surface area contributed by atoms with Gasteiger partial charge in [-0.3, -0.25) is 0 Å². The number of rotatable bonds is 3. The van der Waals surface area contributed by atoms with Crippen molar-refractivity contribution in [3.63, 3.8) is 0 Å². The van der Waals surface area contributed by atoms with Crippen LogP contribution in [0.1, 0.15) is 12.5 Å². The second-order valence-electron chi connectivity index (χ2n) is 2.84. The largest absolute Gasteiger partial charge is 0.384 e. The van der Waals surface area contributed by atoms with Gasteiger partial charge in [0.25, 0.3) is 0 Å². The summed E-state index contributed by atoms with van der Waals surface area (Å²) < 4.78 is 17.8. The van der Waals surface area contributed by atoms with Gasteiger partial charge < -0.3 is 4.74 Å². The maximum Gasteiger partial charge on any atom is 0.123 e. The summed E-state index contributed by atoms with van der Waals surface area (Å²) in [4.78, 5) is 0. The van der Waals surface area contributed by atoms with E-state index in [-0.39, 0.29) is 5.82 Å². The van der Waals surface area contributed by atoms with Crippen LogP contribution in [0.4, 0.5) is 4.39 Å². The average molecular weight is 202 g/mol. The molecule has 3 heteroatoms. The third-order valence-corrected chi connectivity index (χ3v) is 2.08. The summed E-state index contributed by atoms with van der Waals surface area (Å²) in [6.45, 7) is 2.33. The van der Waals surface area contributed by atoms with Crippen molar-refractivity contribution in [3.05, 3.63) is 40.5 Å². The van der Waals surface area contributed by atoms with Crippen LogP contribution in [-0.4, -0.2) is 13.7 Å². The summed E-state index contributed by atoms with van der Waals surface area (Å²) in [5, 5.41) is 0.552. The van der Waals surface area contributed by atoms with Crippen LogP contribution in [0.5, 0.6) is 0 Å². The fraction of sp³-hybridized carbons (Fsp3) is 0.300. The van der Waals surface area contributed by atoms with Gasteiger partial charge in [0.1, 0.15) is 5.82 Å². The first kappa shape index (κ1) is 10.5. The van der Waals surface area contributed by atoms with E-state index in [9.17, 15) is 4.39 Å². The minimum atomic E-state index is -0.283. The van der Waals surface area contributed by atoms with Gasteiger partial charge in [0.05, 0.1) is 6.61 Å². The molecule has 0 aliphatic rings. The molecule has 0 heterocycles. The zero-order valence-electron chi connectivity index (χ0n) is 7.60. The van der Waals surface area contributed by atoms with Gasteiger partial charge in [-0.25, -0.2) is 4.39 Å². The van der Waals surface area contributed by atoms with E-state index in [1.165, 1.54) is 12.1 Å².